The van der Waals surface area contributed by atoms with E-state index in [1.165, 1.54) is 76.5 Å². The first-order valence-electron chi connectivity index (χ1n) is 22.6. The smallest absolute Gasteiger partial charge is 0.136 e. The van der Waals surface area contributed by atoms with Gasteiger partial charge in [0.2, 0.25) is 0 Å². The van der Waals surface area contributed by atoms with Crippen LogP contribution in [0.25, 0.3) is 110 Å². The van der Waals surface area contributed by atoms with Gasteiger partial charge in [-0.1, -0.05) is 182 Å². The van der Waals surface area contributed by atoms with Crippen LogP contribution in [0.3, 0.4) is 0 Å². The number of furan rings is 1. The number of hydrogen-bond acceptors (Lipinski definition) is 2. The molecule has 0 spiro atoms. The van der Waals surface area contributed by atoms with E-state index >= 15 is 0 Å². The van der Waals surface area contributed by atoms with Gasteiger partial charge in [-0.2, -0.15) is 0 Å². The molecule has 1 heterocycles. The third kappa shape index (κ3) is 6.42. The average Bonchev–Trinajstić information content (AvgIpc) is 3.77. The molecule has 1 aromatic heterocycles. The van der Waals surface area contributed by atoms with E-state index in [2.05, 4.69) is 241 Å². The minimum absolute atomic E-state index is 0.898. The fourth-order valence-corrected chi connectivity index (χ4v) is 10.2. The lowest BCUT2D eigenvalue weighted by Gasteiger charge is -2.26. The highest BCUT2D eigenvalue weighted by molar-refractivity contribution is 6.25. The van der Waals surface area contributed by atoms with Crippen LogP contribution in [0.5, 0.6) is 0 Å². The Kier molecular flexibility index (Phi) is 8.89. The van der Waals surface area contributed by atoms with E-state index < -0.39 is 0 Å². The van der Waals surface area contributed by atoms with Crippen LogP contribution >= 0.6 is 0 Å². The van der Waals surface area contributed by atoms with E-state index in [-0.39, 0.29) is 0 Å². The number of para-hydroxylation sites is 1. The van der Waals surface area contributed by atoms with Crippen molar-refractivity contribution in [1.82, 2.24) is 0 Å². The molecule has 0 aliphatic rings. The second-order valence-corrected chi connectivity index (χ2v) is 17.2. The highest BCUT2D eigenvalue weighted by Gasteiger charge is 2.16. The lowest BCUT2D eigenvalue weighted by atomic mass is 9.92. The predicted molar refractivity (Wildman–Crippen MR) is 280 cm³/mol. The summed E-state index contributed by atoms with van der Waals surface area (Å²) in [7, 11) is 0. The van der Waals surface area contributed by atoms with Gasteiger partial charge >= 0.3 is 0 Å². The van der Waals surface area contributed by atoms with Crippen LogP contribution in [0.2, 0.25) is 0 Å². The summed E-state index contributed by atoms with van der Waals surface area (Å²) in [6.45, 7) is 0. The molecule has 0 fully saturated rings. The maximum atomic E-state index is 6.27. The molecule has 0 bridgehead atoms. The molecular weight excluding hydrogens is 799 g/mol. The van der Waals surface area contributed by atoms with Crippen LogP contribution in [0, 0.1) is 0 Å². The topological polar surface area (TPSA) is 16.4 Å². The molecule has 0 aliphatic heterocycles. The molecule has 0 amide bonds. The molecule has 0 saturated carbocycles. The molecule has 308 valence electrons. The predicted octanol–water partition coefficient (Wildman–Crippen LogP) is 18.3. The Bertz CT molecular complexity index is 3930. The fourth-order valence-electron chi connectivity index (χ4n) is 10.2. The maximum absolute atomic E-state index is 6.27. The number of benzene rings is 12. The number of nitrogens with zero attached hydrogens (tertiary/aromatic N) is 1. The fraction of sp³-hybridized carbons (Fsp3) is 0. The van der Waals surface area contributed by atoms with Crippen LogP contribution in [0.4, 0.5) is 17.1 Å². The first-order valence-corrected chi connectivity index (χ1v) is 22.6. The van der Waals surface area contributed by atoms with Crippen LogP contribution in [-0.4, -0.2) is 0 Å². The molecule has 0 atom stereocenters. The third-order valence-corrected chi connectivity index (χ3v) is 13.5. The van der Waals surface area contributed by atoms with Gasteiger partial charge in [-0.3, -0.25) is 0 Å². The van der Waals surface area contributed by atoms with Crippen LogP contribution in [0.15, 0.2) is 253 Å². The standard InChI is InChI=1S/C64H41NO/c1-2-15-53-45(11-1)12-10-21-54(53)49-14-9-13-46(39-49)42-23-31-50(32-24-42)65(52-35-27-44(28-36-52)48-30-38-61-60-20-7-8-22-63(60)66-64(61)41-48)51-33-25-43(26-34-51)47-29-37-59-57-18-4-3-16-55(57)56-17-5-6-19-58(56)62(59)40-47/h1-41H. The van der Waals surface area contributed by atoms with Crippen molar-refractivity contribution in [1.29, 1.82) is 0 Å². The van der Waals surface area contributed by atoms with Crippen molar-refractivity contribution in [2.75, 3.05) is 4.90 Å². The molecular formula is C64H41NO. The van der Waals surface area contributed by atoms with Crippen molar-refractivity contribution in [3.63, 3.8) is 0 Å². The van der Waals surface area contributed by atoms with Gasteiger partial charge < -0.3 is 9.32 Å². The van der Waals surface area contributed by atoms with Crippen molar-refractivity contribution in [3.05, 3.63) is 249 Å². The summed E-state index contributed by atoms with van der Waals surface area (Å²) in [5.41, 5.74) is 14.5. The Labute approximate surface area is 382 Å². The van der Waals surface area contributed by atoms with E-state index in [0.29, 0.717) is 0 Å². The minimum Gasteiger partial charge on any atom is -0.456 e. The molecule has 66 heavy (non-hydrogen) atoms. The SMILES string of the molecule is c1cc(-c2ccc(N(c3ccc(-c4ccc5c(c4)oc4ccccc45)cc3)c3ccc(-c4ccc5c6ccccc6c6ccccc6c5c4)cc3)cc2)cc(-c2cccc3ccccc23)c1. The van der Waals surface area contributed by atoms with Gasteiger partial charge in [0.25, 0.3) is 0 Å². The highest BCUT2D eigenvalue weighted by Crippen LogP contribution is 2.41. The van der Waals surface area contributed by atoms with Gasteiger partial charge in [-0.15, -0.1) is 0 Å². The third-order valence-electron chi connectivity index (χ3n) is 13.5. The summed E-state index contributed by atoms with van der Waals surface area (Å²) in [6.07, 6.45) is 0. The van der Waals surface area contributed by atoms with E-state index in [0.717, 1.165) is 50.1 Å². The van der Waals surface area contributed by atoms with Gasteiger partial charge in [-0.05, 0) is 154 Å². The normalized spacial score (nSPS) is 11.6. The Hall–Kier alpha value is -8.72. The lowest BCUT2D eigenvalue weighted by molar-refractivity contribution is 0.669. The van der Waals surface area contributed by atoms with E-state index in [4.69, 9.17) is 4.42 Å². The average molecular weight is 840 g/mol. The zero-order valence-corrected chi connectivity index (χ0v) is 36.0. The van der Waals surface area contributed by atoms with Crippen molar-refractivity contribution >= 4 is 82.1 Å². The summed E-state index contributed by atoms with van der Waals surface area (Å²) in [5, 5.41) is 12.5. The lowest BCUT2D eigenvalue weighted by Crippen LogP contribution is -2.09. The molecule has 13 aromatic rings. The van der Waals surface area contributed by atoms with Crippen molar-refractivity contribution < 1.29 is 4.42 Å². The number of anilines is 3. The largest absolute Gasteiger partial charge is 0.456 e. The van der Waals surface area contributed by atoms with Gasteiger partial charge in [0.15, 0.2) is 0 Å². The highest BCUT2D eigenvalue weighted by atomic mass is 16.3. The Morgan fingerprint density at radius 1 is 0.227 bits per heavy atom. The molecule has 0 N–H and O–H groups in total. The van der Waals surface area contributed by atoms with E-state index in [9.17, 15) is 0 Å². The number of rotatable bonds is 7. The molecule has 0 radical (unpaired) electrons. The zero-order valence-electron chi connectivity index (χ0n) is 36.0. The van der Waals surface area contributed by atoms with Crippen LogP contribution < -0.4 is 4.90 Å². The zero-order chi connectivity index (χ0) is 43.6. The van der Waals surface area contributed by atoms with Crippen molar-refractivity contribution in [3.8, 4) is 44.5 Å². The molecule has 12 aromatic carbocycles. The number of hydrogen-bond donors (Lipinski definition) is 0. The molecule has 2 heteroatoms. The van der Waals surface area contributed by atoms with E-state index in [1.807, 2.05) is 12.1 Å². The Balaban J connectivity index is 0.877. The second kappa shape index (κ2) is 15.5. The molecule has 0 unspecified atom stereocenters. The Morgan fingerprint density at radius 3 is 1.26 bits per heavy atom. The molecule has 0 aliphatic carbocycles. The second-order valence-electron chi connectivity index (χ2n) is 17.2. The van der Waals surface area contributed by atoms with Gasteiger partial charge in [0.05, 0.1) is 0 Å². The monoisotopic (exact) mass is 839 g/mol. The first kappa shape index (κ1) is 37.8. The summed E-state index contributed by atoms with van der Waals surface area (Å²) >= 11 is 0. The van der Waals surface area contributed by atoms with Crippen LogP contribution in [0.1, 0.15) is 0 Å². The molecule has 2 nitrogen and oxygen atoms in total. The van der Waals surface area contributed by atoms with Gasteiger partial charge in [0, 0.05) is 27.8 Å². The Morgan fingerprint density at radius 2 is 0.636 bits per heavy atom. The summed E-state index contributed by atoms with van der Waals surface area (Å²) in [4.78, 5) is 2.35. The first-order chi connectivity index (χ1) is 32.7. The van der Waals surface area contributed by atoms with Crippen LogP contribution in [-0.2, 0) is 0 Å². The van der Waals surface area contributed by atoms with Gasteiger partial charge in [-0.25, -0.2) is 0 Å². The van der Waals surface area contributed by atoms with E-state index in [1.54, 1.807) is 0 Å². The maximum Gasteiger partial charge on any atom is 0.136 e. The molecule has 13 rings (SSSR count). The molecule has 0 saturated heterocycles. The number of fused-ring (bicyclic) bond motifs is 10. The quantitative estimate of drug-likeness (QED) is 0.149. The van der Waals surface area contributed by atoms with Crippen molar-refractivity contribution in [2.45, 2.75) is 0 Å². The summed E-state index contributed by atoms with van der Waals surface area (Å²) < 4.78 is 6.27. The summed E-state index contributed by atoms with van der Waals surface area (Å²) in [6, 6.07) is 90.2. The van der Waals surface area contributed by atoms with Gasteiger partial charge in [0.1, 0.15) is 11.2 Å². The van der Waals surface area contributed by atoms with Crippen molar-refractivity contribution in [2.24, 2.45) is 0 Å². The minimum atomic E-state index is 0.898. The summed E-state index contributed by atoms with van der Waals surface area (Å²) in [5.74, 6) is 0.